The summed E-state index contributed by atoms with van der Waals surface area (Å²) in [6.07, 6.45) is 2.93. The van der Waals surface area contributed by atoms with Gasteiger partial charge in [0.25, 0.3) is 0 Å². The predicted molar refractivity (Wildman–Crippen MR) is 104 cm³/mol. The zero-order valence-corrected chi connectivity index (χ0v) is 16.3. The van der Waals surface area contributed by atoms with Crippen molar-refractivity contribution < 1.29 is 9.31 Å². The van der Waals surface area contributed by atoms with Gasteiger partial charge in [0.1, 0.15) is 0 Å². The fraction of sp³-hybridized carbons (Fsp3) is 0.667. The van der Waals surface area contributed by atoms with E-state index in [0.29, 0.717) is 0 Å². The average Bonchev–Trinajstić information content (AvgIpc) is 3.13. The molecular weight excluding hydrogens is 305 g/mol. The van der Waals surface area contributed by atoms with Crippen LogP contribution in [0.3, 0.4) is 0 Å². The van der Waals surface area contributed by atoms with E-state index in [4.69, 9.17) is 15.0 Å². The Morgan fingerprint density at radius 2 is 1.35 bits per heavy atom. The zero-order valence-electron chi connectivity index (χ0n) is 15.5. The summed E-state index contributed by atoms with van der Waals surface area (Å²) in [6, 6.07) is 7.61. The first kappa shape index (κ1) is 20.4. The molecule has 2 saturated heterocycles. The van der Waals surface area contributed by atoms with Gasteiger partial charge in [0, 0.05) is 5.69 Å². The molecule has 2 fully saturated rings. The van der Waals surface area contributed by atoms with Crippen molar-refractivity contribution >= 4 is 30.0 Å². The Balaban J connectivity index is 0.000000317. The van der Waals surface area contributed by atoms with Crippen LogP contribution in [-0.2, 0) is 9.31 Å². The molecular formula is C18H32BNO2S. The molecule has 1 aromatic carbocycles. The summed E-state index contributed by atoms with van der Waals surface area (Å²) in [4.78, 5) is 0. The minimum Gasteiger partial charge on any atom is -0.399 e. The van der Waals surface area contributed by atoms with Crippen LogP contribution in [0.5, 0.6) is 0 Å². The van der Waals surface area contributed by atoms with Crippen LogP contribution in [0.2, 0.25) is 0 Å². The van der Waals surface area contributed by atoms with Gasteiger partial charge < -0.3 is 15.0 Å². The number of nitrogens with two attached hydrogens (primary N) is 1. The molecule has 0 spiro atoms. The molecule has 3 rings (SSSR count). The topological polar surface area (TPSA) is 44.5 Å². The smallest absolute Gasteiger partial charge is 0.399 e. The number of thioether (sulfide) groups is 1. The van der Waals surface area contributed by atoms with Gasteiger partial charge >= 0.3 is 7.12 Å². The van der Waals surface area contributed by atoms with Gasteiger partial charge in [-0.2, -0.15) is 11.8 Å². The molecule has 2 heterocycles. The number of rotatable bonds is 1. The molecule has 2 aliphatic rings. The van der Waals surface area contributed by atoms with Crippen molar-refractivity contribution in [3.05, 3.63) is 24.3 Å². The van der Waals surface area contributed by atoms with Gasteiger partial charge in [0.2, 0.25) is 0 Å². The lowest BCUT2D eigenvalue weighted by Crippen LogP contribution is -2.41. The van der Waals surface area contributed by atoms with Crippen molar-refractivity contribution in [3.8, 4) is 0 Å². The second kappa shape index (κ2) is 9.00. The normalized spacial score (nSPS) is 21.0. The van der Waals surface area contributed by atoms with Gasteiger partial charge in [-0.1, -0.05) is 26.0 Å². The van der Waals surface area contributed by atoms with E-state index in [9.17, 15) is 0 Å². The third kappa shape index (κ3) is 5.73. The molecule has 3 nitrogen and oxygen atoms in total. The lowest BCUT2D eigenvalue weighted by molar-refractivity contribution is 0.00578. The third-order valence-electron chi connectivity index (χ3n) is 4.29. The first-order valence-corrected chi connectivity index (χ1v) is 9.76. The molecule has 0 bridgehead atoms. The van der Waals surface area contributed by atoms with Crippen LogP contribution >= 0.6 is 11.8 Å². The van der Waals surface area contributed by atoms with Crippen molar-refractivity contribution in [2.45, 2.75) is 65.6 Å². The Bertz CT molecular complexity index is 435. The van der Waals surface area contributed by atoms with Crippen LogP contribution in [0.1, 0.15) is 54.4 Å². The van der Waals surface area contributed by atoms with Gasteiger partial charge in [-0.15, -0.1) is 0 Å². The van der Waals surface area contributed by atoms with E-state index in [1.807, 2.05) is 65.8 Å². The SMILES string of the molecule is C1CCSC1.CC.CC1(C)OB(c2ccc(N)cc2)OC1(C)C. The van der Waals surface area contributed by atoms with Crippen LogP contribution in [-0.4, -0.2) is 29.8 Å². The highest BCUT2D eigenvalue weighted by Gasteiger charge is 2.51. The van der Waals surface area contributed by atoms with E-state index in [1.54, 1.807) is 0 Å². The minimum absolute atomic E-state index is 0.293. The molecule has 0 unspecified atom stereocenters. The third-order valence-corrected chi connectivity index (χ3v) is 5.44. The fourth-order valence-electron chi connectivity index (χ4n) is 2.14. The van der Waals surface area contributed by atoms with Crippen LogP contribution in [0.4, 0.5) is 5.69 Å². The maximum atomic E-state index is 5.93. The first-order chi connectivity index (χ1) is 10.8. The molecule has 0 aromatic heterocycles. The van der Waals surface area contributed by atoms with Crippen molar-refractivity contribution in [1.29, 1.82) is 0 Å². The maximum absolute atomic E-state index is 5.93. The summed E-state index contributed by atoms with van der Waals surface area (Å²) < 4.78 is 11.9. The van der Waals surface area contributed by atoms with Crippen molar-refractivity contribution in [1.82, 2.24) is 0 Å². The quantitative estimate of drug-likeness (QED) is 0.619. The molecule has 0 atom stereocenters. The van der Waals surface area contributed by atoms with Crippen LogP contribution in [0, 0.1) is 0 Å². The van der Waals surface area contributed by atoms with E-state index < -0.39 is 0 Å². The molecule has 1 aromatic rings. The Hall–Kier alpha value is -0.645. The van der Waals surface area contributed by atoms with Gasteiger partial charge in [0.05, 0.1) is 11.2 Å². The molecule has 0 amide bonds. The highest BCUT2D eigenvalue weighted by molar-refractivity contribution is 7.99. The molecule has 130 valence electrons. The van der Waals surface area contributed by atoms with E-state index in [0.717, 1.165) is 11.2 Å². The molecule has 5 heteroatoms. The molecule has 23 heavy (non-hydrogen) atoms. The summed E-state index contributed by atoms with van der Waals surface area (Å²) in [5.41, 5.74) is 6.82. The zero-order chi connectivity index (χ0) is 17.5. The van der Waals surface area contributed by atoms with Crippen LogP contribution < -0.4 is 11.2 Å². The average molecular weight is 337 g/mol. The predicted octanol–water partition coefficient (Wildman–Crippen LogP) is 4.11. The van der Waals surface area contributed by atoms with E-state index in [-0.39, 0.29) is 18.3 Å². The van der Waals surface area contributed by atoms with Crippen molar-refractivity contribution in [3.63, 3.8) is 0 Å². The standard InChI is InChI=1S/C12H18BNO2.C4H8S.C2H6/c1-11(2)12(3,4)16-13(15-11)9-5-7-10(14)8-6-9;1-2-4-5-3-1;1-2/h5-8H,14H2,1-4H3;1-4H2;1-2H3. The van der Waals surface area contributed by atoms with Crippen LogP contribution in [0.25, 0.3) is 0 Å². The van der Waals surface area contributed by atoms with E-state index in [2.05, 4.69) is 11.8 Å². The van der Waals surface area contributed by atoms with E-state index in [1.165, 1.54) is 24.3 Å². The summed E-state index contributed by atoms with van der Waals surface area (Å²) in [6.45, 7) is 12.2. The van der Waals surface area contributed by atoms with Crippen molar-refractivity contribution in [2.24, 2.45) is 0 Å². The summed E-state index contributed by atoms with van der Waals surface area (Å²) in [7, 11) is -0.300. The Labute approximate surface area is 146 Å². The summed E-state index contributed by atoms with van der Waals surface area (Å²) in [5.74, 6) is 2.83. The number of benzene rings is 1. The number of hydrogen-bond donors (Lipinski definition) is 1. The fourth-order valence-corrected chi connectivity index (χ4v) is 3.16. The largest absolute Gasteiger partial charge is 0.494 e. The first-order valence-electron chi connectivity index (χ1n) is 8.61. The molecule has 2 aliphatic heterocycles. The second-order valence-electron chi connectivity index (χ2n) is 6.57. The van der Waals surface area contributed by atoms with Gasteiger partial charge in [0.15, 0.2) is 0 Å². The maximum Gasteiger partial charge on any atom is 0.494 e. The molecule has 2 N–H and O–H groups in total. The highest BCUT2D eigenvalue weighted by Crippen LogP contribution is 2.36. The Kier molecular flexibility index (Phi) is 7.98. The number of hydrogen-bond acceptors (Lipinski definition) is 4. The highest BCUT2D eigenvalue weighted by atomic mass is 32.2. The second-order valence-corrected chi connectivity index (χ2v) is 7.80. The lowest BCUT2D eigenvalue weighted by Gasteiger charge is -2.32. The number of nitrogen functional groups attached to an aromatic ring is 1. The minimum atomic E-state index is -0.300. The van der Waals surface area contributed by atoms with E-state index >= 15 is 0 Å². The van der Waals surface area contributed by atoms with Crippen molar-refractivity contribution in [2.75, 3.05) is 17.2 Å². The summed E-state index contributed by atoms with van der Waals surface area (Å²) in [5, 5.41) is 0. The molecule has 0 radical (unpaired) electrons. The Morgan fingerprint density at radius 1 is 0.913 bits per heavy atom. The summed E-state index contributed by atoms with van der Waals surface area (Å²) >= 11 is 2.07. The number of anilines is 1. The van der Waals surface area contributed by atoms with Crippen LogP contribution in [0.15, 0.2) is 24.3 Å². The van der Waals surface area contributed by atoms with Gasteiger partial charge in [-0.05, 0) is 69.6 Å². The Morgan fingerprint density at radius 3 is 1.70 bits per heavy atom. The monoisotopic (exact) mass is 337 g/mol. The molecule has 0 saturated carbocycles. The van der Waals surface area contributed by atoms with Gasteiger partial charge in [-0.3, -0.25) is 0 Å². The lowest BCUT2D eigenvalue weighted by atomic mass is 9.79. The van der Waals surface area contributed by atoms with Gasteiger partial charge in [-0.25, -0.2) is 0 Å². The molecule has 0 aliphatic carbocycles.